The standard InChI is InChI=1S/C3H7ClFOPS/c1-7(5,6)8-3-2-4/h2-3H2,1H3. The summed E-state index contributed by atoms with van der Waals surface area (Å²) in [6.45, 7) is -2.26. The lowest BCUT2D eigenvalue weighted by Crippen LogP contribution is -1.74. The first-order valence-electron chi connectivity index (χ1n) is 2.04. The second kappa shape index (κ2) is 3.76. The van der Waals surface area contributed by atoms with Crippen LogP contribution in [-0.2, 0) is 4.57 Å². The van der Waals surface area contributed by atoms with E-state index >= 15 is 0 Å². The zero-order valence-corrected chi connectivity index (χ0v) is 6.90. The molecule has 1 nitrogen and oxygen atoms in total. The number of alkyl halides is 1. The maximum atomic E-state index is 12.0. The molecule has 0 aromatic heterocycles. The van der Waals surface area contributed by atoms with Crippen molar-refractivity contribution >= 4 is 29.6 Å². The molecule has 50 valence electrons. The Morgan fingerprint density at radius 1 is 1.88 bits per heavy atom. The number of hydrogen-bond acceptors (Lipinski definition) is 2. The average Bonchev–Trinajstić information content (AvgIpc) is 1.59. The molecule has 1 unspecified atom stereocenters. The molecule has 0 heterocycles. The van der Waals surface area contributed by atoms with Crippen LogP contribution < -0.4 is 0 Å². The monoisotopic (exact) mass is 176 g/mol. The van der Waals surface area contributed by atoms with Gasteiger partial charge in [0.05, 0.1) is 0 Å². The molecule has 0 aliphatic carbocycles. The molecule has 0 spiro atoms. The maximum absolute atomic E-state index is 12.0. The highest BCUT2D eigenvalue weighted by Gasteiger charge is 2.10. The van der Waals surface area contributed by atoms with Crippen molar-refractivity contribution in [2.75, 3.05) is 18.3 Å². The summed E-state index contributed by atoms with van der Waals surface area (Å²) in [4.78, 5) is 0. The molecule has 5 heteroatoms. The van der Waals surface area contributed by atoms with Gasteiger partial charge in [0.15, 0.2) is 0 Å². The van der Waals surface area contributed by atoms with Crippen LogP contribution in [-0.4, -0.2) is 18.3 Å². The van der Waals surface area contributed by atoms with Crippen molar-refractivity contribution in [2.45, 2.75) is 0 Å². The van der Waals surface area contributed by atoms with Crippen LogP contribution in [0.3, 0.4) is 0 Å². The van der Waals surface area contributed by atoms with E-state index in [0.29, 0.717) is 11.6 Å². The molecule has 0 saturated heterocycles. The predicted molar refractivity (Wildman–Crippen MR) is 37.8 cm³/mol. The Balaban J connectivity index is 3.26. The first kappa shape index (κ1) is 8.80. The van der Waals surface area contributed by atoms with E-state index in [1.165, 1.54) is 0 Å². The lowest BCUT2D eigenvalue weighted by atomic mass is 11.0. The second-order valence-corrected chi connectivity index (χ2v) is 6.54. The first-order chi connectivity index (χ1) is 3.56. The Hall–Kier alpha value is 0.800. The molecule has 0 rings (SSSR count). The van der Waals surface area contributed by atoms with Crippen LogP contribution in [0.2, 0.25) is 0 Å². The van der Waals surface area contributed by atoms with Crippen molar-refractivity contribution in [3.05, 3.63) is 0 Å². The molecule has 0 radical (unpaired) electrons. The van der Waals surface area contributed by atoms with Gasteiger partial charge in [-0.3, -0.25) is 4.57 Å². The summed E-state index contributed by atoms with van der Waals surface area (Å²) in [6, 6.07) is 0. The summed E-state index contributed by atoms with van der Waals surface area (Å²) < 4.78 is 22.2. The van der Waals surface area contributed by atoms with Crippen LogP contribution in [0.25, 0.3) is 0 Å². The maximum Gasteiger partial charge on any atom is 0.293 e. The summed E-state index contributed by atoms with van der Waals surface area (Å²) >= 11 is 5.99. The van der Waals surface area contributed by atoms with Gasteiger partial charge in [-0.15, -0.1) is 11.6 Å². The van der Waals surface area contributed by atoms with Crippen LogP contribution >= 0.6 is 29.6 Å². The Kier molecular flexibility index (Phi) is 4.13. The zero-order chi connectivity index (χ0) is 6.62. The highest BCUT2D eigenvalue weighted by Crippen LogP contribution is 2.56. The highest BCUT2D eigenvalue weighted by atomic mass is 35.5. The smallest absolute Gasteiger partial charge is 0.276 e. The van der Waals surface area contributed by atoms with Gasteiger partial charge in [0.2, 0.25) is 0 Å². The van der Waals surface area contributed by atoms with E-state index in [2.05, 4.69) is 0 Å². The van der Waals surface area contributed by atoms with Gasteiger partial charge >= 0.3 is 0 Å². The molecule has 0 saturated carbocycles. The summed E-state index contributed by atoms with van der Waals surface area (Å²) in [7, 11) is 0. The fourth-order valence-corrected chi connectivity index (χ4v) is 2.40. The van der Waals surface area contributed by atoms with Crippen molar-refractivity contribution in [2.24, 2.45) is 0 Å². The molecular formula is C3H7ClFOPS. The Bertz CT molecular complexity index is 103. The third-order valence-electron chi connectivity index (χ3n) is 0.399. The molecule has 1 atom stereocenters. The van der Waals surface area contributed by atoms with Crippen molar-refractivity contribution < 1.29 is 8.76 Å². The van der Waals surface area contributed by atoms with Crippen molar-refractivity contribution in [3.8, 4) is 0 Å². The minimum Gasteiger partial charge on any atom is -0.276 e. The summed E-state index contributed by atoms with van der Waals surface area (Å²) in [5.74, 6) is 0.776. The van der Waals surface area contributed by atoms with Gasteiger partial charge in [0, 0.05) is 18.3 Å². The van der Waals surface area contributed by atoms with Gasteiger partial charge in [-0.1, -0.05) is 11.4 Å². The van der Waals surface area contributed by atoms with Gasteiger partial charge in [0.1, 0.15) is 0 Å². The van der Waals surface area contributed by atoms with Gasteiger partial charge in [-0.2, -0.15) is 4.20 Å². The lowest BCUT2D eigenvalue weighted by molar-refractivity contribution is 0.560. The number of halogens is 2. The van der Waals surface area contributed by atoms with Gasteiger partial charge < -0.3 is 0 Å². The first-order valence-corrected chi connectivity index (χ1v) is 6.21. The quantitative estimate of drug-likeness (QED) is 0.486. The SMILES string of the molecule is CP(=O)(F)SCCCl. The van der Waals surface area contributed by atoms with Crippen LogP contribution in [0, 0.1) is 0 Å². The minimum absolute atomic E-state index is 0.354. The molecule has 0 aliphatic rings. The second-order valence-electron chi connectivity index (χ2n) is 1.27. The number of rotatable bonds is 3. The van der Waals surface area contributed by atoms with E-state index in [4.69, 9.17) is 11.6 Å². The predicted octanol–water partition coefficient (Wildman–Crippen LogP) is 2.75. The Morgan fingerprint density at radius 2 is 2.38 bits per heavy atom. The third kappa shape index (κ3) is 6.80. The molecule has 0 amide bonds. The third-order valence-corrected chi connectivity index (χ3v) is 3.59. The summed E-state index contributed by atoms with van der Waals surface area (Å²) in [6.07, 6.45) is 0. The van der Waals surface area contributed by atoms with E-state index < -0.39 is 6.65 Å². The fraction of sp³-hybridized carbons (Fsp3) is 1.00. The molecular weight excluding hydrogens is 170 g/mol. The van der Waals surface area contributed by atoms with Gasteiger partial charge in [-0.05, 0) is 0 Å². The van der Waals surface area contributed by atoms with E-state index in [1.54, 1.807) is 0 Å². The molecule has 0 N–H and O–H groups in total. The van der Waals surface area contributed by atoms with Crippen LogP contribution in [0.1, 0.15) is 0 Å². The lowest BCUT2D eigenvalue weighted by Gasteiger charge is -1.96. The summed E-state index contributed by atoms with van der Waals surface area (Å²) in [5, 5.41) is 0. The zero-order valence-electron chi connectivity index (χ0n) is 4.43. The molecule has 0 aromatic carbocycles. The number of hydrogen-bond donors (Lipinski definition) is 0. The van der Waals surface area contributed by atoms with Gasteiger partial charge in [0.25, 0.3) is 6.65 Å². The van der Waals surface area contributed by atoms with Crippen molar-refractivity contribution in [1.29, 1.82) is 0 Å². The minimum atomic E-state index is -3.35. The van der Waals surface area contributed by atoms with Crippen molar-refractivity contribution in [3.63, 3.8) is 0 Å². The summed E-state index contributed by atoms with van der Waals surface area (Å²) in [5.41, 5.74) is 0. The highest BCUT2D eigenvalue weighted by molar-refractivity contribution is 8.56. The Labute approximate surface area is 57.2 Å². The molecule has 0 aromatic rings. The molecule has 0 aliphatic heterocycles. The molecule has 8 heavy (non-hydrogen) atoms. The van der Waals surface area contributed by atoms with Crippen molar-refractivity contribution in [1.82, 2.24) is 0 Å². The normalized spacial score (nSPS) is 17.9. The largest absolute Gasteiger partial charge is 0.293 e. The van der Waals surface area contributed by atoms with E-state index in [0.717, 1.165) is 18.0 Å². The van der Waals surface area contributed by atoms with Crippen LogP contribution in [0.4, 0.5) is 4.20 Å². The topological polar surface area (TPSA) is 17.1 Å². The average molecular weight is 177 g/mol. The van der Waals surface area contributed by atoms with E-state index in [9.17, 15) is 8.76 Å². The fourth-order valence-electron chi connectivity index (χ4n) is 0.198. The molecule has 0 fully saturated rings. The Morgan fingerprint density at radius 3 is 2.50 bits per heavy atom. The van der Waals surface area contributed by atoms with E-state index in [-0.39, 0.29) is 0 Å². The van der Waals surface area contributed by atoms with Crippen LogP contribution in [0.15, 0.2) is 0 Å². The van der Waals surface area contributed by atoms with E-state index in [1.807, 2.05) is 0 Å². The van der Waals surface area contributed by atoms with Gasteiger partial charge in [-0.25, -0.2) is 0 Å². The molecule has 0 bridgehead atoms. The van der Waals surface area contributed by atoms with Crippen LogP contribution in [0.5, 0.6) is 0 Å².